The van der Waals surface area contributed by atoms with Crippen LogP contribution >= 0.6 is 24.0 Å². The van der Waals surface area contributed by atoms with Gasteiger partial charge in [-0.3, -0.25) is 14.9 Å². The van der Waals surface area contributed by atoms with Crippen molar-refractivity contribution in [2.45, 2.75) is 32.9 Å². The van der Waals surface area contributed by atoms with Gasteiger partial charge in [0.2, 0.25) is 11.7 Å². The molecular formula is C15H24IN7O2. The van der Waals surface area contributed by atoms with Gasteiger partial charge in [-0.05, 0) is 32.9 Å². The Morgan fingerprint density at radius 3 is 2.72 bits per heavy atom. The van der Waals surface area contributed by atoms with E-state index in [1.54, 1.807) is 25.4 Å². The zero-order valence-corrected chi connectivity index (χ0v) is 17.0. The molecule has 0 radical (unpaired) electrons. The zero-order chi connectivity index (χ0) is 17.6. The summed E-state index contributed by atoms with van der Waals surface area (Å²) in [7, 11) is 1.63. The summed E-state index contributed by atoms with van der Waals surface area (Å²) in [4.78, 5) is 20.2. The largest absolute Gasteiger partial charge is 0.461 e. The molecule has 0 aliphatic heterocycles. The SMILES string of the molecule is CN=C(NCC(=O)NC(C)(C)C)NCc1nc(-c2ccco2)n[nH]1.I. The first-order chi connectivity index (χ1) is 11.4. The summed E-state index contributed by atoms with van der Waals surface area (Å²) >= 11 is 0. The third-order valence-corrected chi connectivity index (χ3v) is 2.85. The Morgan fingerprint density at radius 1 is 1.36 bits per heavy atom. The Hall–Kier alpha value is -2.11. The van der Waals surface area contributed by atoms with E-state index < -0.39 is 0 Å². The number of aliphatic imine (C=N–C) groups is 1. The predicted molar refractivity (Wildman–Crippen MR) is 106 cm³/mol. The summed E-state index contributed by atoms with van der Waals surface area (Å²) in [5.74, 6) is 2.10. The second-order valence-electron chi connectivity index (χ2n) is 6.16. The molecule has 138 valence electrons. The number of aromatic amines is 1. The van der Waals surface area contributed by atoms with Gasteiger partial charge >= 0.3 is 0 Å². The van der Waals surface area contributed by atoms with Gasteiger partial charge in [0.25, 0.3) is 0 Å². The van der Waals surface area contributed by atoms with E-state index in [0.29, 0.717) is 29.9 Å². The van der Waals surface area contributed by atoms with Crippen molar-refractivity contribution in [1.82, 2.24) is 31.1 Å². The summed E-state index contributed by atoms with van der Waals surface area (Å²) in [6, 6.07) is 3.56. The first-order valence-electron chi connectivity index (χ1n) is 7.58. The maximum absolute atomic E-state index is 11.8. The minimum atomic E-state index is -0.266. The van der Waals surface area contributed by atoms with Gasteiger partial charge < -0.3 is 20.4 Å². The van der Waals surface area contributed by atoms with Crippen LogP contribution in [0.2, 0.25) is 0 Å². The van der Waals surface area contributed by atoms with Gasteiger partial charge in [0.1, 0.15) is 5.82 Å². The number of guanidine groups is 1. The molecule has 0 saturated heterocycles. The quantitative estimate of drug-likeness (QED) is 0.303. The predicted octanol–water partition coefficient (Wildman–Crippen LogP) is 1.26. The third kappa shape index (κ3) is 7.11. The molecule has 0 aliphatic rings. The number of halogens is 1. The highest BCUT2D eigenvalue weighted by Gasteiger charge is 2.14. The van der Waals surface area contributed by atoms with E-state index >= 15 is 0 Å². The molecule has 2 heterocycles. The fraction of sp³-hybridized carbons (Fsp3) is 0.467. The summed E-state index contributed by atoms with van der Waals surface area (Å²) < 4.78 is 5.24. The molecule has 0 unspecified atom stereocenters. The average molecular weight is 461 g/mol. The van der Waals surface area contributed by atoms with Crippen LogP contribution in [-0.2, 0) is 11.3 Å². The number of nitrogens with one attached hydrogen (secondary N) is 4. The molecular weight excluding hydrogens is 437 g/mol. The van der Waals surface area contributed by atoms with Gasteiger partial charge in [-0.1, -0.05) is 0 Å². The van der Waals surface area contributed by atoms with Gasteiger partial charge in [-0.25, -0.2) is 4.98 Å². The highest BCUT2D eigenvalue weighted by molar-refractivity contribution is 14.0. The summed E-state index contributed by atoms with van der Waals surface area (Å²) in [6.07, 6.45) is 1.57. The van der Waals surface area contributed by atoms with Crippen LogP contribution in [0.1, 0.15) is 26.6 Å². The fourth-order valence-corrected chi connectivity index (χ4v) is 1.90. The Bertz CT molecular complexity index is 689. The molecule has 2 aromatic heterocycles. The second kappa shape index (κ2) is 9.39. The van der Waals surface area contributed by atoms with Crippen LogP contribution in [0.25, 0.3) is 11.6 Å². The van der Waals surface area contributed by atoms with Crippen molar-refractivity contribution in [3.63, 3.8) is 0 Å². The molecule has 2 rings (SSSR count). The van der Waals surface area contributed by atoms with E-state index in [9.17, 15) is 4.79 Å². The monoisotopic (exact) mass is 461 g/mol. The van der Waals surface area contributed by atoms with Crippen LogP contribution in [0.4, 0.5) is 0 Å². The fourth-order valence-electron chi connectivity index (χ4n) is 1.90. The molecule has 0 aliphatic carbocycles. The van der Waals surface area contributed by atoms with Gasteiger partial charge in [0.05, 0.1) is 19.4 Å². The molecule has 0 aromatic carbocycles. The van der Waals surface area contributed by atoms with E-state index in [1.165, 1.54) is 0 Å². The molecule has 4 N–H and O–H groups in total. The Kier molecular flexibility index (Phi) is 7.87. The van der Waals surface area contributed by atoms with Crippen molar-refractivity contribution in [2.75, 3.05) is 13.6 Å². The lowest BCUT2D eigenvalue weighted by Crippen LogP contribution is -2.48. The molecule has 0 fully saturated rings. The number of carbonyl (C=O) groups is 1. The lowest BCUT2D eigenvalue weighted by atomic mass is 10.1. The normalized spacial score (nSPS) is 11.6. The van der Waals surface area contributed by atoms with Crippen molar-refractivity contribution in [3.05, 3.63) is 24.2 Å². The standard InChI is InChI=1S/C15H23N7O2.HI/c1-15(2,3)20-12(23)9-18-14(16-4)17-8-11-19-13(22-21-11)10-6-5-7-24-10;/h5-7H,8-9H2,1-4H3,(H,20,23)(H2,16,17,18)(H,19,21,22);1H. The van der Waals surface area contributed by atoms with E-state index in [0.717, 1.165) is 0 Å². The minimum Gasteiger partial charge on any atom is -0.461 e. The van der Waals surface area contributed by atoms with Gasteiger partial charge in [-0.2, -0.15) is 0 Å². The van der Waals surface area contributed by atoms with Crippen molar-refractivity contribution < 1.29 is 9.21 Å². The number of carbonyl (C=O) groups excluding carboxylic acids is 1. The first kappa shape index (κ1) is 20.9. The number of hydrogen-bond donors (Lipinski definition) is 4. The van der Waals surface area contributed by atoms with Crippen LogP contribution in [0, 0.1) is 0 Å². The average Bonchev–Trinajstić information content (AvgIpc) is 3.16. The van der Waals surface area contributed by atoms with Crippen molar-refractivity contribution >= 4 is 35.8 Å². The number of amides is 1. The Balaban J connectivity index is 0.00000312. The van der Waals surface area contributed by atoms with Gasteiger partial charge in [0, 0.05) is 12.6 Å². The number of H-pyrrole nitrogens is 1. The molecule has 25 heavy (non-hydrogen) atoms. The Morgan fingerprint density at radius 2 is 2.12 bits per heavy atom. The van der Waals surface area contributed by atoms with Crippen LogP contribution < -0.4 is 16.0 Å². The molecule has 0 atom stereocenters. The van der Waals surface area contributed by atoms with E-state index in [1.807, 2.05) is 20.8 Å². The lowest BCUT2D eigenvalue weighted by Gasteiger charge is -2.21. The van der Waals surface area contributed by atoms with E-state index in [4.69, 9.17) is 4.42 Å². The van der Waals surface area contributed by atoms with Gasteiger partial charge in [0.15, 0.2) is 11.7 Å². The summed E-state index contributed by atoms with van der Waals surface area (Å²) in [6.45, 7) is 6.30. The number of aromatic nitrogens is 3. The number of furan rings is 1. The number of hydrogen-bond acceptors (Lipinski definition) is 5. The molecule has 9 nitrogen and oxygen atoms in total. The molecule has 0 spiro atoms. The van der Waals surface area contributed by atoms with Crippen LogP contribution in [-0.4, -0.2) is 46.2 Å². The van der Waals surface area contributed by atoms with Gasteiger partial charge in [-0.15, -0.1) is 29.1 Å². The first-order valence-corrected chi connectivity index (χ1v) is 7.58. The smallest absolute Gasteiger partial charge is 0.239 e. The highest BCUT2D eigenvalue weighted by Crippen LogP contribution is 2.14. The molecule has 0 bridgehead atoms. The van der Waals surface area contributed by atoms with E-state index in [-0.39, 0.29) is 42.0 Å². The van der Waals surface area contributed by atoms with E-state index in [2.05, 4.69) is 36.1 Å². The topological polar surface area (TPSA) is 120 Å². The van der Waals surface area contributed by atoms with Crippen molar-refractivity contribution in [1.29, 1.82) is 0 Å². The van der Waals surface area contributed by atoms with Crippen LogP contribution in [0.3, 0.4) is 0 Å². The van der Waals surface area contributed by atoms with Crippen LogP contribution in [0.15, 0.2) is 27.8 Å². The summed E-state index contributed by atoms with van der Waals surface area (Å²) in [5.41, 5.74) is -0.266. The molecule has 0 saturated carbocycles. The van der Waals surface area contributed by atoms with Crippen molar-refractivity contribution in [2.24, 2.45) is 4.99 Å². The summed E-state index contributed by atoms with van der Waals surface area (Å²) in [5, 5.41) is 15.8. The zero-order valence-electron chi connectivity index (χ0n) is 14.7. The second-order valence-corrected chi connectivity index (χ2v) is 6.16. The lowest BCUT2D eigenvalue weighted by molar-refractivity contribution is -0.121. The maximum Gasteiger partial charge on any atom is 0.239 e. The maximum atomic E-state index is 11.8. The third-order valence-electron chi connectivity index (χ3n) is 2.85. The Labute approximate surface area is 163 Å². The number of rotatable bonds is 5. The highest BCUT2D eigenvalue weighted by atomic mass is 127. The molecule has 1 amide bonds. The number of nitrogens with zero attached hydrogens (tertiary/aromatic N) is 3. The molecule has 10 heteroatoms. The van der Waals surface area contributed by atoms with Crippen molar-refractivity contribution in [3.8, 4) is 11.6 Å². The minimum absolute atomic E-state index is 0. The molecule has 2 aromatic rings. The van der Waals surface area contributed by atoms with Crippen LogP contribution in [0.5, 0.6) is 0 Å².